The Labute approximate surface area is 133 Å². The average molecular weight is 308 g/mol. The van der Waals surface area contributed by atoms with Crippen LogP contribution < -0.4 is 0 Å². The highest BCUT2D eigenvalue weighted by molar-refractivity contribution is 5.97. The van der Waals surface area contributed by atoms with Crippen molar-refractivity contribution in [1.82, 2.24) is 0 Å². The number of hydrogen-bond donors (Lipinski definition) is 2. The highest BCUT2D eigenvalue weighted by Crippen LogP contribution is 2.50. The molecule has 116 valence electrons. The van der Waals surface area contributed by atoms with E-state index in [4.69, 9.17) is 0 Å². The predicted molar refractivity (Wildman–Crippen MR) is 88.7 cm³/mol. The van der Waals surface area contributed by atoms with Crippen LogP contribution >= 0.6 is 0 Å². The first-order valence-corrected chi connectivity index (χ1v) is 7.69. The molecule has 3 aromatic carbocycles. The van der Waals surface area contributed by atoms with Gasteiger partial charge in [-0.1, -0.05) is 36.4 Å². The third-order valence-corrected chi connectivity index (χ3v) is 5.00. The lowest BCUT2D eigenvalue weighted by atomic mass is 9.76. The molecule has 0 spiro atoms. The highest BCUT2D eigenvalue weighted by Gasteiger charge is 2.36. The molecule has 1 aliphatic carbocycles. The zero-order chi connectivity index (χ0) is 16.3. The van der Waals surface area contributed by atoms with Gasteiger partial charge in [-0.15, -0.1) is 0 Å². The molecule has 0 heterocycles. The summed E-state index contributed by atoms with van der Waals surface area (Å²) in [6.45, 7) is 3.93. The fraction of sp³-hybridized carbons (Fsp3) is 0.200. The molecular formula is C20H17FO2. The van der Waals surface area contributed by atoms with Crippen LogP contribution in [0.25, 0.3) is 21.9 Å². The van der Waals surface area contributed by atoms with Crippen LogP contribution in [0.3, 0.4) is 0 Å². The van der Waals surface area contributed by atoms with Crippen LogP contribution in [0.2, 0.25) is 0 Å². The van der Waals surface area contributed by atoms with Gasteiger partial charge in [-0.2, -0.15) is 0 Å². The summed E-state index contributed by atoms with van der Waals surface area (Å²) in [7, 11) is 0. The Morgan fingerprint density at radius 2 is 1.39 bits per heavy atom. The minimum absolute atomic E-state index is 0.185. The minimum Gasteiger partial charge on any atom is -0.385 e. The van der Waals surface area contributed by atoms with Crippen molar-refractivity contribution < 1.29 is 14.6 Å². The van der Waals surface area contributed by atoms with E-state index in [1.54, 1.807) is 6.07 Å². The summed E-state index contributed by atoms with van der Waals surface area (Å²) in [4.78, 5) is 0. The fourth-order valence-corrected chi connectivity index (χ4v) is 3.89. The molecule has 0 saturated carbocycles. The van der Waals surface area contributed by atoms with Crippen LogP contribution in [0.15, 0.2) is 42.5 Å². The minimum atomic E-state index is -1.25. The summed E-state index contributed by atoms with van der Waals surface area (Å²) < 4.78 is 14.3. The van der Waals surface area contributed by atoms with Crippen molar-refractivity contribution in [3.8, 4) is 11.1 Å². The van der Waals surface area contributed by atoms with Crippen LogP contribution in [-0.4, -0.2) is 10.2 Å². The van der Waals surface area contributed by atoms with Gasteiger partial charge in [0, 0.05) is 5.56 Å². The summed E-state index contributed by atoms with van der Waals surface area (Å²) >= 11 is 0. The summed E-state index contributed by atoms with van der Waals surface area (Å²) in [5.74, 6) is -0.482. The molecular weight excluding hydrogens is 291 g/mol. The molecule has 0 saturated heterocycles. The largest absolute Gasteiger partial charge is 0.385 e. The quantitative estimate of drug-likeness (QED) is 0.648. The smallest absolute Gasteiger partial charge is 0.129 e. The molecule has 0 fully saturated rings. The van der Waals surface area contributed by atoms with Crippen LogP contribution in [-0.2, 0) is 0 Å². The Kier molecular flexibility index (Phi) is 3.05. The van der Waals surface area contributed by atoms with E-state index in [1.807, 2.05) is 44.2 Å². The maximum Gasteiger partial charge on any atom is 0.129 e. The van der Waals surface area contributed by atoms with Crippen molar-refractivity contribution in [3.63, 3.8) is 0 Å². The maximum absolute atomic E-state index is 14.3. The summed E-state index contributed by atoms with van der Waals surface area (Å²) in [5.41, 5.74) is 4.33. The first kappa shape index (κ1) is 14.4. The molecule has 3 heteroatoms. The SMILES string of the molecule is Cc1c2c(c(C)c3ccccc13)[C@H](O)[C@@H](O)c1c(F)cccc1-2. The Morgan fingerprint density at radius 3 is 2.09 bits per heavy atom. The van der Waals surface area contributed by atoms with E-state index in [9.17, 15) is 14.6 Å². The van der Waals surface area contributed by atoms with Gasteiger partial charge in [-0.05, 0) is 58.5 Å². The number of hydrogen-bond acceptors (Lipinski definition) is 2. The second kappa shape index (κ2) is 4.88. The van der Waals surface area contributed by atoms with Gasteiger partial charge in [0.1, 0.15) is 18.0 Å². The first-order chi connectivity index (χ1) is 11.0. The zero-order valence-corrected chi connectivity index (χ0v) is 13.0. The molecule has 2 atom stereocenters. The lowest BCUT2D eigenvalue weighted by Gasteiger charge is -2.33. The monoisotopic (exact) mass is 308 g/mol. The molecule has 0 unspecified atom stereocenters. The second-order valence-corrected chi connectivity index (χ2v) is 6.18. The molecule has 0 aromatic heterocycles. The van der Waals surface area contributed by atoms with Crippen molar-refractivity contribution >= 4 is 10.8 Å². The van der Waals surface area contributed by atoms with Crippen LogP contribution in [0.1, 0.15) is 34.5 Å². The molecule has 2 nitrogen and oxygen atoms in total. The van der Waals surface area contributed by atoms with E-state index in [0.717, 1.165) is 27.5 Å². The van der Waals surface area contributed by atoms with E-state index < -0.39 is 18.0 Å². The number of benzene rings is 3. The normalized spacial score (nSPS) is 19.5. The molecule has 0 amide bonds. The molecule has 4 rings (SSSR count). The summed E-state index contributed by atoms with van der Waals surface area (Å²) in [6, 6.07) is 12.8. The fourth-order valence-electron chi connectivity index (χ4n) is 3.89. The van der Waals surface area contributed by atoms with Gasteiger partial charge in [0.05, 0.1) is 0 Å². The topological polar surface area (TPSA) is 40.5 Å². The van der Waals surface area contributed by atoms with Crippen LogP contribution in [0.5, 0.6) is 0 Å². The van der Waals surface area contributed by atoms with Gasteiger partial charge in [-0.3, -0.25) is 0 Å². The Bertz CT molecular complexity index is 946. The molecule has 0 bridgehead atoms. The van der Waals surface area contributed by atoms with Gasteiger partial charge < -0.3 is 10.2 Å². The van der Waals surface area contributed by atoms with Crippen molar-refractivity contribution in [2.45, 2.75) is 26.1 Å². The number of aliphatic hydroxyl groups excluding tert-OH is 2. The van der Waals surface area contributed by atoms with Crippen molar-refractivity contribution in [3.05, 3.63) is 70.5 Å². The summed E-state index contributed by atoms with van der Waals surface area (Å²) in [5, 5.41) is 23.2. The third kappa shape index (κ3) is 1.81. The number of fused-ring (bicyclic) bond motifs is 4. The maximum atomic E-state index is 14.3. The Morgan fingerprint density at radius 1 is 0.783 bits per heavy atom. The van der Waals surface area contributed by atoms with Crippen molar-refractivity contribution in [2.75, 3.05) is 0 Å². The van der Waals surface area contributed by atoms with Gasteiger partial charge in [0.15, 0.2) is 0 Å². The van der Waals surface area contributed by atoms with E-state index in [2.05, 4.69) is 0 Å². The predicted octanol–water partition coefficient (Wildman–Crippen LogP) is 4.34. The van der Waals surface area contributed by atoms with Crippen LogP contribution in [0, 0.1) is 19.7 Å². The number of halogens is 1. The number of aryl methyl sites for hydroxylation is 2. The van der Waals surface area contributed by atoms with Gasteiger partial charge in [0.25, 0.3) is 0 Å². The van der Waals surface area contributed by atoms with Crippen molar-refractivity contribution in [2.24, 2.45) is 0 Å². The average Bonchev–Trinajstić information content (AvgIpc) is 2.56. The molecule has 0 aliphatic heterocycles. The Hall–Kier alpha value is -2.23. The highest BCUT2D eigenvalue weighted by atomic mass is 19.1. The first-order valence-electron chi connectivity index (χ1n) is 7.69. The third-order valence-electron chi connectivity index (χ3n) is 5.00. The van der Waals surface area contributed by atoms with E-state index >= 15 is 0 Å². The molecule has 2 N–H and O–H groups in total. The van der Waals surface area contributed by atoms with Gasteiger partial charge in [-0.25, -0.2) is 4.39 Å². The van der Waals surface area contributed by atoms with Crippen LogP contribution in [0.4, 0.5) is 4.39 Å². The van der Waals surface area contributed by atoms with E-state index in [1.165, 1.54) is 6.07 Å². The summed E-state index contributed by atoms with van der Waals surface area (Å²) in [6.07, 6.45) is -2.38. The lowest BCUT2D eigenvalue weighted by molar-refractivity contribution is 0.0133. The van der Waals surface area contributed by atoms with Crippen molar-refractivity contribution in [1.29, 1.82) is 0 Å². The van der Waals surface area contributed by atoms with E-state index in [0.29, 0.717) is 11.1 Å². The standard InChI is InChI=1S/C20H17FO2/c1-10-12-6-3-4-7-13(12)11(2)17-16(10)14-8-5-9-15(21)18(14)20(23)19(17)22/h3-9,19-20,22-23H,1-2H3/t19-,20-/m0/s1. The Balaban J connectivity index is 2.22. The molecule has 3 aromatic rings. The second-order valence-electron chi connectivity index (χ2n) is 6.18. The number of aliphatic hydroxyl groups is 2. The number of rotatable bonds is 0. The molecule has 23 heavy (non-hydrogen) atoms. The van der Waals surface area contributed by atoms with Gasteiger partial charge in [0.2, 0.25) is 0 Å². The molecule has 1 aliphatic rings. The van der Waals surface area contributed by atoms with Gasteiger partial charge >= 0.3 is 0 Å². The zero-order valence-electron chi connectivity index (χ0n) is 13.0. The molecule has 0 radical (unpaired) electrons. The lowest BCUT2D eigenvalue weighted by Crippen LogP contribution is -2.20. The van der Waals surface area contributed by atoms with E-state index in [-0.39, 0.29) is 5.56 Å².